The summed E-state index contributed by atoms with van der Waals surface area (Å²) in [5, 5.41) is 20.5. The van der Waals surface area contributed by atoms with Gasteiger partial charge in [0.15, 0.2) is 5.71 Å². The number of aliphatic imine (C=N–C) groups is 1. The number of fused-ring (bicyclic) bond motifs is 1. The van der Waals surface area contributed by atoms with Gasteiger partial charge in [-0.05, 0) is 17.7 Å². The van der Waals surface area contributed by atoms with E-state index in [1.54, 1.807) is 30.3 Å². The van der Waals surface area contributed by atoms with Gasteiger partial charge in [0, 0.05) is 21.7 Å². The van der Waals surface area contributed by atoms with E-state index < -0.39 is 17.5 Å². The van der Waals surface area contributed by atoms with Gasteiger partial charge < -0.3 is 15.2 Å². The van der Waals surface area contributed by atoms with Gasteiger partial charge in [-0.2, -0.15) is 0 Å². The number of aromatic amines is 2. The molecule has 0 fully saturated rings. The lowest BCUT2D eigenvalue weighted by atomic mass is 9.90. The zero-order valence-electron chi connectivity index (χ0n) is 14.0. The number of H-pyrrole nitrogens is 2. The Kier molecular flexibility index (Phi) is 4.33. The summed E-state index contributed by atoms with van der Waals surface area (Å²) in [7, 11) is 0. The van der Waals surface area contributed by atoms with Gasteiger partial charge in [-0.3, -0.25) is 4.98 Å². The zero-order chi connectivity index (χ0) is 20.0. The average Bonchev–Trinajstić information content (AvgIpc) is 3.17. The minimum Gasteiger partial charge on any atom is -0.493 e. The van der Waals surface area contributed by atoms with Crippen LogP contribution in [0.2, 0.25) is 10.0 Å². The molecule has 7 nitrogen and oxygen atoms in total. The van der Waals surface area contributed by atoms with Gasteiger partial charge in [0.25, 0.3) is 0 Å². The smallest absolute Gasteiger partial charge is 0.355 e. The Morgan fingerprint density at radius 3 is 2.39 bits per heavy atom. The van der Waals surface area contributed by atoms with Gasteiger partial charge in [0.1, 0.15) is 5.69 Å². The first kappa shape index (κ1) is 18.1. The molecule has 0 atom stereocenters. The number of hydrogen-bond donors (Lipinski definition) is 4. The van der Waals surface area contributed by atoms with Crippen LogP contribution >= 0.6 is 23.2 Å². The van der Waals surface area contributed by atoms with Crippen molar-refractivity contribution in [1.82, 2.24) is 9.97 Å². The molecule has 0 radical (unpaired) electrons. The van der Waals surface area contributed by atoms with Crippen LogP contribution < -0.4 is 5.69 Å². The highest BCUT2D eigenvalue weighted by atomic mass is 35.5. The predicted octanol–water partition coefficient (Wildman–Crippen LogP) is 3.85. The van der Waals surface area contributed by atoms with Crippen molar-refractivity contribution in [2.75, 3.05) is 0 Å². The highest BCUT2D eigenvalue weighted by Crippen LogP contribution is 2.46. The molecular formula is C19H11Cl2N3O4. The van der Waals surface area contributed by atoms with Gasteiger partial charge in [-0.25, -0.2) is 14.6 Å². The number of aromatic hydroxyl groups is 1. The summed E-state index contributed by atoms with van der Waals surface area (Å²) in [6.07, 6.45) is 0. The molecule has 1 aromatic heterocycles. The lowest BCUT2D eigenvalue weighted by Gasteiger charge is -2.14. The van der Waals surface area contributed by atoms with E-state index in [1.165, 1.54) is 12.1 Å². The summed E-state index contributed by atoms with van der Waals surface area (Å²) in [6, 6.07) is 11.7. The fourth-order valence-electron chi connectivity index (χ4n) is 3.16. The summed E-state index contributed by atoms with van der Waals surface area (Å²) in [5.41, 5.74) is 0.728. The number of carboxylic acids is 1. The van der Waals surface area contributed by atoms with Crippen LogP contribution in [0.3, 0.4) is 0 Å². The van der Waals surface area contributed by atoms with Gasteiger partial charge in [-0.1, -0.05) is 53.5 Å². The number of aromatic nitrogens is 2. The third-order valence-corrected chi connectivity index (χ3v) is 4.74. The van der Waals surface area contributed by atoms with Gasteiger partial charge in [0.05, 0.1) is 10.7 Å². The van der Waals surface area contributed by atoms with Crippen LogP contribution in [0.5, 0.6) is 5.88 Å². The second kappa shape index (κ2) is 6.70. The molecule has 9 heteroatoms. The van der Waals surface area contributed by atoms with E-state index >= 15 is 0 Å². The third kappa shape index (κ3) is 2.90. The largest absolute Gasteiger partial charge is 0.493 e. The van der Waals surface area contributed by atoms with Crippen LogP contribution in [0.4, 0.5) is 5.69 Å². The molecule has 2 heterocycles. The maximum Gasteiger partial charge on any atom is 0.355 e. The molecule has 0 spiro atoms. The molecule has 3 aromatic rings. The highest BCUT2D eigenvalue weighted by Gasteiger charge is 2.33. The molecule has 4 N–H and O–H groups in total. The van der Waals surface area contributed by atoms with Crippen molar-refractivity contribution in [3.05, 3.63) is 79.8 Å². The summed E-state index contributed by atoms with van der Waals surface area (Å²) >= 11 is 12.4. The number of hydrogen-bond acceptors (Lipinski definition) is 4. The molecule has 0 unspecified atom stereocenters. The number of rotatable bonds is 3. The van der Waals surface area contributed by atoms with Crippen molar-refractivity contribution in [3.63, 3.8) is 0 Å². The van der Waals surface area contributed by atoms with Crippen LogP contribution in [0.25, 0.3) is 11.1 Å². The highest BCUT2D eigenvalue weighted by molar-refractivity contribution is 6.60. The van der Waals surface area contributed by atoms with Crippen LogP contribution in [0.1, 0.15) is 16.8 Å². The molecule has 1 aliphatic heterocycles. The van der Waals surface area contributed by atoms with E-state index in [4.69, 9.17) is 23.2 Å². The molecule has 0 amide bonds. The molecule has 140 valence electrons. The number of nitrogens with zero attached hydrogens (tertiary/aromatic N) is 1. The molecule has 0 saturated carbocycles. The van der Waals surface area contributed by atoms with E-state index in [9.17, 15) is 19.8 Å². The molecule has 0 bridgehead atoms. The van der Waals surface area contributed by atoms with Crippen molar-refractivity contribution in [2.45, 2.75) is 0 Å². The number of carboxylic acid groups (broad SMARTS) is 1. The number of aliphatic carboxylic acids is 1. The Morgan fingerprint density at radius 1 is 1.07 bits per heavy atom. The van der Waals surface area contributed by atoms with Crippen LogP contribution in [-0.2, 0) is 4.79 Å². The fourth-order valence-corrected chi connectivity index (χ4v) is 3.74. The Labute approximate surface area is 167 Å². The zero-order valence-corrected chi connectivity index (χ0v) is 15.5. The standard InChI is InChI=1S/C19H11Cl2N3O4/c20-9-6-10(21)13-11(7-9)22-16(18(26)27)14(13)12(8-4-2-1-3-5-8)15-17(25)24-19(28)23-15/h1-7,25H,(H,26,27)(H2,23,24,28). The Morgan fingerprint density at radius 2 is 1.79 bits per heavy atom. The van der Waals surface area contributed by atoms with Crippen LogP contribution in [0, 0.1) is 0 Å². The first-order valence-electron chi connectivity index (χ1n) is 8.00. The first-order chi connectivity index (χ1) is 13.4. The lowest BCUT2D eigenvalue weighted by Crippen LogP contribution is -2.14. The number of carbonyl (C=O) groups is 1. The Bertz CT molecular complexity index is 1240. The molecule has 0 saturated heterocycles. The minimum absolute atomic E-state index is 0.0269. The SMILES string of the molecule is O=C(O)C1=Nc2cc(Cl)cc(Cl)c2C1=C(c1ccccc1)c1[nH]c(=O)[nH]c1O. The second-order valence-corrected chi connectivity index (χ2v) is 6.81. The Hall–Kier alpha value is -3.29. The molecule has 4 rings (SSSR count). The molecule has 2 aromatic carbocycles. The van der Waals surface area contributed by atoms with Gasteiger partial charge in [0.2, 0.25) is 5.88 Å². The second-order valence-electron chi connectivity index (χ2n) is 5.97. The van der Waals surface area contributed by atoms with Crippen molar-refractivity contribution in [1.29, 1.82) is 0 Å². The molecule has 1 aliphatic rings. The minimum atomic E-state index is -1.29. The van der Waals surface area contributed by atoms with Crippen molar-refractivity contribution < 1.29 is 15.0 Å². The van der Waals surface area contributed by atoms with Crippen molar-refractivity contribution in [2.24, 2.45) is 4.99 Å². The average molecular weight is 416 g/mol. The van der Waals surface area contributed by atoms with E-state index in [1.807, 2.05) is 0 Å². The van der Waals surface area contributed by atoms with E-state index in [0.29, 0.717) is 16.1 Å². The number of halogens is 2. The van der Waals surface area contributed by atoms with Crippen LogP contribution in [-0.4, -0.2) is 31.9 Å². The van der Waals surface area contributed by atoms with Crippen molar-refractivity contribution >= 4 is 51.7 Å². The monoisotopic (exact) mass is 415 g/mol. The van der Waals surface area contributed by atoms with E-state index in [2.05, 4.69) is 15.0 Å². The predicted molar refractivity (Wildman–Crippen MR) is 107 cm³/mol. The number of benzene rings is 2. The summed E-state index contributed by atoms with van der Waals surface area (Å²) in [6.45, 7) is 0. The Balaban J connectivity index is 2.18. The summed E-state index contributed by atoms with van der Waals surface area (Å²) in [5.74, 6) is -1.72. The molecule has 0 aliphatic carbocycles. The lowest BCUT2D eigenvalue weighted by molar-refractivity contribution is -0.129. The molecule has 28 heavy (non-hydrogen) atoms. The summed E-state index contributed by atoms with van der Waals surface area (Å²) < 4.78 is 0. The normalized spacial score (nSPS) is 14.6. The van der Waals surface area contributed by atoms with Crippen molar-refractivity contribution in [3.8, 4) is 5.88 Å². The van der Waals surface area contributed by atoms with Gasteiger partial charge >= 0.3 is 11.7 Å². The quantitative estimate of drug-likeness (QED) is 0.519. The first-order valence-corrected chi connectivity index (χ1v) is 8.75. The number of nitrogens with one attached hydrogen (secondary N) is 2. The van der Waals surface area contributed by atoms with Gasteiger partial charge in [-0.15, -0.1) is 0 Å². The number of imidazole rings is 1. The van der Waals surface area contributed by atoms with E-state index in [0.717, 1.165) is 0 Å². The maximum absolute atomic E-state index is 12.0. The van der Waals surface area contributed by atoms with Crippen LogP contribution in [0.15, 0.2) is 52.3 Å². The third-order valence-electron chi connectivity index (χ3n) is 4.23. The summed E-state index contributed by atoms with van der Waals surface area (Å²) in [4.78, 5) is 32.6. The fraction of sp³-hybridized carbons (Fsp3) is 0. The topological polar surface area (TPSA) is 119 Å². The van der Waals surface area contributed by atoms with E-state index in [-0.39, 0.29) is 33.3 Å². The maximum atomic E-state index is 12.0. The molecular weight excluding hydrogens is 405 g/mol.